The third-order valence-electron chi connectivity index (χ3n) is 3.94. The average molecular weight is 273 g/mol. The number of H-pyrrole nitrogens is 1. The molecule has 0 radical (unpaired) electrons. The number of likely N-dealkylation sites (tertiary alicyclic amines) is 1. The third kappa shape index (κ3) is 2.35. The van der Waals surface area contributed by atoms with Crippen molar-refractivity contribution in [3.8, 4) is 0 Å². The minimum absolute atomic E-state index is 0.188. The standard InChI is InChI=1S/C15H19N3O2/c1-2-20-15(19)18-8-5-11(6-9-18)13-10-17-14-12(13)4-3-7-16-14/h3-4,7,10-11H,2,5-6,8-9H2,1H3,(H,16,17). The maximum absolute atomic E-state index is 11.7. The highest BCUT2D eigenvalue weighted by Gasteiger charge is 2.26. The first-order chi connectivity index (χ1) is 9.79. The summed E-state index contributed by atoms with van der Waals surface area (Å²) in [4.78, 5) is 21.0. The van der Waals surface area contributed by atoms with Crippen LogP contribution in [0.2, 0.25) is 0 Å². The maximum Gasteiger partial charge on any atom is 0.409 e. The molecule has 0 atom stereocenters. The topological polar surface area (TPSA) is 58.2 Å². The number of hydrogen-bond donors (Lipinski definition) is 1. The SMILES string of the molecule is CCOC(=O)N1CCC(c2c[nH]c3ncccc23)CC1. The molecule has 1 aliphatic heterocycles. The van der Waals surface area contributed by atoms with Gasteiger partial charge in [-0.25, -0.2) is 9.78 Å². The number of hydrogen-bond acceptors (Lipinski definition) is 3. The van der Waals surface area contributed by atoms with Gasteiger partial charge in [-0.1, -0.05) is 0 Å². The molecular formula is C15H19N3O2. The van der Waals surface area contributed by atoms with Gasteiger partial charge in [-0.05, 0) is 43.4 Å². The summed E-state index contributed by atoms with van der Waals surface area (Å²) in [6, 6.07) is 4.07. The van der Waals surface area contributed by atoms with E-state index in [1.807, 2.05) is 13.0 Å². The molecule has 3 heterocycles. The van der Waals surface area contributed by atoms with Crippen molar-refractivity contribution in [2.45, 2.75) is 25.7 Å². The summed E-state index contributed by atoms with van der Waals surface area (Å²) in [5.41, 5.74) is 2.26. The molecule has 0 bridgehead atoms. The lowest BCUT2D eigenvalue weighted by Gasteiger charge is -2.31. The fourth-order valence-electron chi connectivity index (χ4n) is 2.90. The Labute approximate surface area is 117 Å². The van der Waals surface area contributed by atoms with Gasteiger partial charge in [0, 0.05) is 30.9 Å². The highest BCUT2D eigenvalue weighted by Crippen LogP contribution is 2.32. The number of carbonyl (C=O) groups is 1. The van der Waals surface area contributed by atoms with Crippen LogP contribution in [0.15, 0.2) is 24.5 Å². The second-order valence-electron chi connectivity index (χ2n) is 5.10. The van der Waals surface area contributed by atoms with E-state index in [2.05, 4.69) is 22.2 Å². The molecule has 1 saturated heterocycles. The molecule has 5 nitrogen and oxygen atoms in total. The molecule has 1 amide bonds. The fraction of sp³-hybridized carbons (Fsp3) is 0.467. The Morgan fingerprint density at radius 1 is 1.50 bits per heavy atom. The highest BCUT2D eigenvalue weighted by molar-refractivity contribution is 5.80. The highest BCUT2D eigenvalue weighted by atomic mass is 16.6. The summed E-state index contributed by atoms with van der Waals surface area (Å²) in [6.45, 7) is 3.79. The van der Waals surface area contributed by atoms with Gasteiger partial charge in [-0.2, -0.15) is 0 Å². The first kappa shape index (κ1) is 13.0. The molecule has 0 unspecified atom stereocenters. The first-order valence-electron chi connectivity index (χ1n) is 7.13. The van der Waals surface area contributed by atoms with Crippen LogP contribution in [0.1, 0.15) is 31.2 Å². The lowest BCUT2D eigenvalue weighted by atomic mass is 9.90. The number of pyridine rings is 1. The molecule has 5 heteroatoms. The molecule has 2 aromatic rings. The van der Waals surface area contributed by atoms with E-state index in [-0.39, 0.29) is 6.09 Å². The molecule has 2 aromatic heterocycles. The van der Waals surface area contributed by atoms with Crippen molar-refractivity contribution in [2.75, 3.05) is 19.7 Å². The Kier molecular flexibility index (Phi) is 3.58. The molecule has 0 aliphatic carbocycles. The summed E-state index contributed by atoms with van der Waals surface area (Å²) in [7, 11) is 0. The number of piperidine rings is 1. The molecule has 106 valence electrons. The smallest absolute Gasteiger partial charge is 0.409 e. The number of nitrogens with zero attached hydrogens (tertiary/aromatic N) is 2. The van der Waals surface area contributed by atoms with Gasteiger partial charge in [-0.15, -0.1) is 0 Å². The van der Waals surface area contributed by atoms with Crippen LogP contribution in [0.5, 0.6) is 0 Å². The van der Waals surface area contributed by atoms with Crippen molar-refractivity contribution >= 4 is 17.1 Å². The molecule has 20 heavy (non-hydrogen) atoms. The van der Waals surface area contributed by atoms with E-state index in [4.69, 9.17) is 4.74 Å². The number of amides is 1. The van der Waals surface area contributed by atoms with Crippen molar-refractivity contribution in [1.29, 1.82) is 0 Å². The minimum Gasteiger partial charge on any atom is -0.450 e. The zero-order valence-corrected chi connectivity index (χ0v) is 11.6. The second-order valence-corrected chi connectivity index (χ2v) is 5.10. The van der Waals surface area contributed by atoms with Gasteiger partial charge < -0.3 is 14.6 Å². The van der Waals surface area contributed by atoms with E-state index < -0.39 is 0 Å². The molecule has 0 saturated carbocycles. The molecular weight excluding hydrogens is 254 g/mol. The van der Waals surface area contributed by atoms with Crippen molar-refractivity contribution in [3.05, 3.63) is 30.1 Å². The summed E-state index contributed by atoms with van der Waals surface area (Å²) >= 11 is 0. The zero-order chi connectivity index (χ0) is 13.9. The van der Waals surface area contributed by atoms with E-state index >= 15 is 0 Å². The maximum atomic E-state index is 11.7. The van der Waals surface area contributed by atoms with Crippen LogP contribution in [0.25, 0.3) is 11.0 Å². The normalized spacial score (nSPS) is 16.6. The monoisotopic (exact) mass is 273 g/mol. The van der Waals surface area contributed by atoms with E-state index in [1.165, 1.54) is 10.9 Å². The number of ether oxygens (including phenoxy) is 1. The van der Waals surface area contributed by atoms with Gasteiger partial charge in [0.05, 0.1) is 6.61 Å². The summed E-state index contributed by atoms with van der Waals surface area (Å²) < 4.78 is 5.05. The quantitative estimate of drug-likeness (QED) is 0.915. The number of aromatic amines is 1. The summed E-state index contributed by atoms with van der Waals surface area (Å²) in [5, 5.41) is 1.20. The predicted molar refractivity (Wildman–Crippen MR) is 76.7 cm³/mol. The fourth-order valence-corrected chi connectivity index (χ4v) is 2.90. The Hall–Kier alpha value is -2.04. The zero-order valence-electron chi connectivity index (χ0n) is 11.6. The van der Waals surface area contributed by atoms with Gasteiger partial charge >= 0.3 is 6.09 Å². The molecule has 1 fully saturated rings. The van der Waals surface area contributed by atoms with Crippen LogP contribution in [0.4, 0.5) is 4.79 Å². The summed E-state index contributed by atoms with van der Waals surface area (Å²) in [6.07, 6.45) is 5.61. The third-order valence-corrected chi connectivity index (χ3v) is 3.94. The van der Waals surface area contributed by atoms with Crippen LogP contribution in [-0.2, 0) is 4.74 Å². The van der Waals surface area contributed by atoms with Crippen LogP contribution >= 0.6 is 0 Å². The van der Waals surface area contributed by atoms with Crippen LogP contribution in [0, 0.1) is 0 Å². The van der Waals surface area contributed by atoms with Crippen molar-refractivity contribution < 1.29 is 9.53 Å². The molecule has 0 aromatic carbocycles. The summed E-state index contributed by atoms with van der Waals surface area (Å²) in [5.74, 6) is 0.485. The van der Waals surface area contributed by atoms with Gasteiger partial charge in [0.15, 0.2) is 0 Å². The Morgan fingerprint density at radius 2 is 2.30 bits per heavy atom. The average Bonchev–Trinajstić information content (AvgIpc) is 2.92. The van der Waals surface area contributed by atoms with Gasteiger partial charge in [0.1, 0.15) is 5.65 Å². The number of carbonyl (C=O) groups excluding carboxylic acids is 1. The van der Waals surface area contributed by atoms with E-state index in [0.29, 0.717) is 12.5 Å². The van der Waals surface area contributed by atoms with Crippen LogP contribution < -0.4 is 0 Å². The molecule has 0 spiro atoms. The Bertz CT molecular complexity index is 600. The second kappa shape index (κ2) is 5.53. The Morgan fingerprint density at radius 3 is 3.05 bits per heavy atom. The van der Waals surface area contributed by atoms with E-state index in [1.54, 1.807) is 11.1 Å². The first-order valence-corrected chi connectivity index (χ1v) is 7.13. The van der Waals surface area contributed by atoms with Gasteiger partial charge in [0.2, 0.25) is 0 Å². The minimum atomic E-state index is -0.188. The van der Waals surface area contributed by atoms with E-state index in [0.717, 1.165) is 31.6 Å². The van der Waals surface area contributed by atoms with Crippen molar-refractivity contribution in [3.63, 3.8) is 0 Å². The Balaban J connectivity index is 1.70. The largest absolute Gasteiger partial charge is 0.450 e. The molecule has 1 N–H and O–H groups in total. The predicted octanol–water partition coefficient (Wildman–Crippen LogP) is 2.90. The van der Waals surface area contributed by atoms with E-state index in [9.17, 15) is 4.79 Å². The lowest BCUT2D eigenvalue weighted by molar-refractivity contribution is 0.0971. The number of aromatic nitrogens is 2. The molecule has 3 rings (SSSR count). The van der Waals surface area contributed by atoms with Gasteiger partial charge in [-0.3, -0.25) is 0 Å². The van der Waals surface area contributed by atoms with Gasteiger partial charge in [0.25, 0.3) is 0 Å². The van der Waals surface area contributed by atoms with Crippen LogP contribution in [-0.4, -0.2) is 40.7 Å². The van der Waals surface area contributed by atoms with Crippen LogP contribution in [0.3, 0.4) is 0 Å². The number of rotatable bonds is 2. The number of fused-ring (bicyclic) bond motifs is 1. The van der Waals surface area contributed by atoms with Crippen molar-refractivity contribution in [2.24, 2.45) is 0 Å². The number of nitrogens with one attached hydrogen (secondary N) is 1. The van der Waals surface area contributed by atoms with Crippen molar-refractivity contribution in [1.82, 2.24) is 14.9 Å². The molecule has 1 aliphatic rings. The lowest BCUT2D eigenvalue weighted by Crippen LogP contribution is -2.38.